The summed E-state index contributed by atoms with van der Waals surface area (Å²) in [6, 6.07) is 12.4. The van der Waals surface area contributed by atoms with Gasteiger partial charge < -0.3 is 9.64 Å². The molecule has 4 rings (SSSR count). The normalized spacial score (nSPS) is 14.4. The van der Waals surface area contributed by atoms with Crippen molar-refractivity contribution in [2.24, 2.45) is 0 Å². The Balaban J connectivity index is 1.33. The van der Waals surface area contributed by atoms with Crippen LogP contribution in [0.25, 0.3) is 10.6 Å². The number of thiazole rings is 1. The van der Waals surface area contributed by atoms with Crippen LogP contribution in [0, 0.1) is 17.0 Å². The molecule has 1 amide bonds. The fraction of sp³-hybridized carbons (Fsp3) is 0.304. The van der Waals surface area contributed by atoms with Gasteiger partial charge in [-0.2, -0.15) is 0 Å². The van der Waals surface area contributed by atoms with Crippen molar-refractivity contribution in [3.8, 4) is 16.3 Å². The number of aromatic nitrogens is 1. The van der Waals surface area contributed by atoms with Crippen molar-refractivity contribution in [1.82, 2.24) is 14.8 Å². The smallest absolute Gasteiger partial charge is 0.272 e. The van der Waals surface area contributed by atoms with Crippen LogP contribution in [0.3, 0.4) is 0 Å². The first-order chi connectivity index (χ1) is 15.4. The molecule has 166 valence electrons. The van der Waals surface area contributed by atoms with Crippen LogP contribution >= 0.6 is 11.3 Å². The lowest BCUT2D eigenvalue weighted by atomic mass is 10.1. The third-order valence-electron chi connectivity index (χ3n) is 5.57. The zero-order valence-electron chi connectivity index (χ0n) is 18.0. The molecule has 1 saturated heterocycles. The average Bonchev–Trinajstić information content (AvgIpc) is 3.27. The van der Waals surface area contributed by atoms with E-state index in [0.29, 0.717) is 24.2 Å². The molecule has 9 heteroatoms. The molecule has 1 aliphatic rings. The van der Waals surface area contributed by atoms with E-state index in [1.54, 1.807) is 36.3 Å². The van der Waals surface area contributed by atoms with Gasteiger partial charge in [0.1, 0.15) is 10.8 Å². The number of hydrogen-bond acceptors (Lipinski definition) is 7. The van der Waals surface area contributed by atoms with Gasteiger partial charge in [-0.25, -0.2) is 4.98 Å². The zero-order valence-corrected chi connectivity index (χ0v) is 18.8. The molecule has 0 unspecified atom stereocenters. The second kappa shape index (κ2) is 9.46. The number of methoxy groups -OCH3 is 1. The van der Waals surface area contributed by atoms with Crippen LogP contribution in [-0.4, -0.2) is 58.9 Å². The van der Waals surface area contributed by atoms with Gasteiger partial charge in [0.2, 0.25) is 0 Å². The van der Waals surface area contributed by atoms with Crippen LogP contribution in [0.4, 0.5) is 5.69 Å². The van der Waals surface area contributed by atoms with E-state index in [-0.39, 0.29) is 11.6 Å². The summed E-state index contributed by atoms with van der Waals surface area (Å²) in [5, 5.41) is 14.1. The van der Waals surface area contributed by atoms with Crippen molar-refractivity contribution in [3.05, 3.63) is 74.8 Å². The molecule has 1 aliphatic heterocycles. The summed E-state index contributed by atoms with van der Waals surface area (Å²) in [4.78, 5) is 32.2. The predicted molar refractivity (Wildman–Crippen MR) is 123 cm³/mol. The van der Waals surface area contributed by atoms with Gasteiger partial charge >= 0.3 is 0 Å². The Morgan fingerprint density at radius 1 is 1.16 bits per heavy atom. The highest BCUT2D eigenvalue weighted by atomic mass is 32.1. The maximum atomic E-state index is 12.8. The fourth-order valence-electron chi connectivity index (χ4n) is 3.76. The number of carbonyl (C=O) groups excluding carboxylic acids is 1. The molecular weight excluding hydrogens is 428 g/mol. The van der Waals surface area contributed by atoms with Gasteiger partial charge in [-0.1, -0.05) is 0 Å². The number of nitro groups is 1. The minimum absolute atomic E-state index is 0.0311. The van der Waals surface area contributed by atoms with Crippen molar-refractivity contribution in [2.45, 2.75) is 13.5 Å². The number of carbonyl (C=O) groups is 1. The molecule has 2 heterocycles. The van der Waals surface area contributed by atoms with Gasteiger partial charge in [0, 0.05) is 60.9 Å². The Labute approximate surface area is 190 Å². The Bertz CT molecular complexity index is 1120. The SMILES string of the molecule is COc1ccc(-c2nc(CN3CCN(C(=O)c4ccc([N+](=O)[O-])c(C)c4)CC3)cs2)cc1. The molecule has 2 aromatic carbocycles. The first-order valence-corrected chi connectivity index (χ1v) is 11.2. The Hall–Kier alpha value is -3.30. The molecule has 3 aromatic rings. The summed E-state index contributed by atoms with van der Waals surface area (Å²) in [6.07, 6.45) is 0. The number of aryl methyl sites for hydroxylation is 1. The van der Waals surface area contributed by atoms with E-state index in [0.717, 1.165) is 41.6 Å². The van der Waals surface area contributed by atoms with E-state index in [2.05, 4.69) is 10.3 Å². The van der Waals surface area contributed by atoms with E-state index in [4.69, 9.17) is 9.72 Å². The maximum absolute atomic E-state index is 12.8. The summed E-state index contributed by atoms with van der Waals surface area (Å²) < 4.78 is 5.21. The summed E-state index contributed by atoms with van der Waals surface area (Å²) in [7, 11) is 1.65. The molecule has 0 bridgehead atoms. The highest BCUT2D eigenvalue weighted by Crippen LogP contribution is 2.26. The third-order valence-corrected chi connectivity index (χ3v) is 6.51. The molecule has 0 atom stereocenters. The summed E-state index contributed by atoms with van der Waals surface area (Å²) in [5.41, 5.74) is 3.10. The number of amides is 1. The van der Waals surface area contributed by atoms with Crippen LogP contribution in [0.2, 0.25) is 0 Å². The Kier molecular flexibility index (Phi) is 6.48. The van der Waals surface area contributed by atoms with Crippen LogP contribution in [0.15, 0.2) is 47.8 Å². The first-order valence-electron chi connectivity index (χ1n) is 10.3. The molecule has 0 saturated carbocycles. The van der Waals surface area contributed by atoms with Crippen LogP contribution < -0.4 is 4.74 Å². The molecule has 0 spiro atoms. The standard InChI is InChI=1S/C23H24N4O4S/c1-16-13-18(5-8-21(16)27(29)30)23(28)26-11-9-25(10-12-26)14-19-15-32-22(24-19)17-3-6-20(31-2)7-4-17/h3-8,13,15H,9-12,14H2,1-2H3. The van der Waals surface area contributed by atoms with Crippen LogP contribution in [0.5, 0.6) is 5.75 Å². The molecule has 1 fully saturated rings. The van der Waals surface area contributed by atoms with E-state index in [1.165, 1.54) is 12.1 Å². The molecule has 0 N–H and O–H groups in total. The molecular formula is C23H24N4O4S. The summed E-state index contributed by atoms with van der Waals surface area (Å²) >= 11 is 1.62. The van der Waals surface area contributed by atoms with Crippen molar-refractivity contribution < 1.29 is 14.5 Å². The van der Waals surface area contributed by atoms with Crippen molar-refractivity contribution >= 4 is 22.9 Å². The van der Waals surface area contributed by atoms with Gasteiger partial charge in [-0.05, 0) is 43.3 Å². The van der Waals surface area contributed by atoms with E-state index in [1.807, 2.05) is 24.3 Å². The number of piperazine rings is 1. The second-order valence-corrected chi connectivity index (χ2v) is 8.56. The lowest BCUT2D eigenvalue weighted by Crippen LogP contribution is -2.48. The molecule has 32 heavy (non-hydrogen) atoms. The summed E-state index contributed by atoms with van der Waals surface area (Å²) in [6.45, 7) is 5.14. The topological polar surface area (TPSA) is 88.8 Å². The second-order valence-electron chi connectivity index (χ2n) is 7.70. The van der Waals surface area contributed by atoms with E-state index in [9.17, 15) is 14.9 Å². The molecule has 0 aliphatic carbocycles. The van der Waals surface area contributed by atoms with Crippen LogP contribution in [0.1, 0.15) is 21.6 Å². The van der Waals surface area contributed by atoms with Gasteiger partial charge in [0.05, 0.1) is 17.7 Å². The minimum Gasteiger partial charge on any atom is -0.497 e. The first kappa shape index (κ1) is 21.9. The molecule has 8 nitrogen and oxygen atoms in total. The predicted octanol–water partition coefficient (Wildman–Crippen LogP) is 3.99. The van der Waals surface area contributed by atoms with Crippen molar-refractivity contribution in [3.63, 3.8) is 0 Å². The van der Waals surface area contributed by atoms with Crippen molar-refractivity contribution in [2.75, 3.05) is 33.3 Å². The maximum Gasteiger partial charge on any atom is 0.272 e. The molecule has 1 aromatic heterocycles. The van der Waals surface area contributed by atoms with Crippen molar-refractivity contribution in [1.29, 1.82) is 0 Å². The highest BCUT2D eigenvalue weighted by molar-refractivity contribution is 7.13. The quantitative estimate of drug-likeness (QED) is 0.415. The van der Waals surface area contributed by atoms with Gasteiger partial charge in [-0.3, -0.25) is 19.8 Å². The van der Waals surface area contributed by atoms with Gasteiger partial charge in [0.15, 0.2) is 0 Å². The number of benzene rings is 2. The number of nitro benzene ring substituents is 1. The Morgan fingerprint density at radius 2 is 1.88 bits per heavy atom. The zero-order chi connectivity index (χ0) is 22.7. The van der Waals surface area contributed by atoms with Gasteiger partial charge in [-0.15, -0.1) is 11.3 Å². The monoisotopic (exact) mass is 452 g/mol. The fourth-order valence-corrected chi connectivity index (χ4v) is 4.58. The number of nitrogens with zero attached hydrogens (tertiary/aromatic N) is 4. The lowest BCUT2D eigenvalue weighted by Gasteiger charge is -2.34. The highest BCUT2D eigenvalue weighted by Gasteiger charge is 2.24. The minimum atomic E-state index is -0.430. The van der Waals surface area contributed by atoms with E-state index >= 15 is 0 Å². The van der Waals surface area contributed by atoms with Gasteiger partial charge in [0.25, 0.3) is 11.6 Å². The Morgan fingerprint density at radius 3 is 2.50 bits per heavy atom. The third kappa shape index (κ3) is 4.79. The lowest BCUT2D eigenvalue weighted by molar-refractivity contribution is -0.385. The average molecular weight is 453 g/mol. The number of rotatable bonds is 6. The van der Waals surface area contributed by atoms with E-state index < -0.39 is 4.92 Å². The number of hydrogen-bond donors (Lipinski definition) is 0. The summed E-state index contributed by atoms with van der Waals surface area (Å²) in [5.74, 6) is 0.736. The largest absolute Gasteiger partial charge is 0.497 e. The number of ether oxygens (including phenoxy) is 1. The van der Waals surface area contributed by atoms with Crippen LogP contribution in [-0.2, 0) is 6.54 Å². The molecule has 0 radical (unpaired) electrons.